The third kappa shape index (κ3) is 4.99. The standard InChI is InChI=1S/C28H24FN5O2S/c1-3-15-34-22-10-9-20(33(2)27(36)18-7-5-4-6-8-18)17-21(22)31-28(34)32-26(35)24-12-11-23(37-24)19-13-14-30-25(29)16-19/h4-14,16-17H,3,15H2,1-2H3,(H,31,32,35). The number of pyridine rings is 1. The van der Waals surface area contributed by atoms with Crippen molar-refractivity contribution in [2.24, 2.45) is 0 Å². The van der Waals surface area contributed by atoms with E-state index in [1.807, 2.05) is 41.0 Å². The normalized spacial score (nSPS) is 11.0. The number of amides is 2. The van der Waals surface area contributed by atoms with E-state index in [0.717, 1.165) is 16.8 Å². The van der Waals surface area contributed by atoms with Crippen LogP contribution < -0.4 is 10.2 Å². The zero-order valence-corrected chi connectivity index (χ0v) is 21.1. The summed E-state index contributed by atoms with van der Waals surface area (Å²) in [6.45, 7) is 2.72. The van der Waals surface area contributed by atoms with E-state index in [-0.39, 0.29) is 11.8 Å². The lowest BCUT2D eigenvalue weighted by Crippen LogP contribution is -2.26. The predicted octanol–water partition coefficient (Wildman–Crippen LogP) is 6.24. The molecule has 0 aliphatic rings. The number of aryl methyl sites for hydroxylation is 1. The second-order valence-electron chi connectivity index (χ2n) is 8.48. The van der Waals surface area contributed by atoms with Crippen molar-refractivity contribution in [2.45, 2.75) is 19.9 Å². The van der Waals surface area contributed by atoms with Crippen LogP contribution in [0.15, 0.2) is 79.0 Å². The van der Waals surface area contributed by atoms with Gasteiger partial charge in [-0.05, 0) is 60.5 Å². The van der Waals surface area contributed by atoms with Crippen LogP contribution in [0, 0.1) is 5.95 Å². The van der Waals surface area contributed by atoms with Gasteiger partial charge in [0, 0.05) is 42.0 Å². The van der Waals surface area contributed by atoms with Gasteiger partial charge in [0.25, 0.3) is 11.8 Å². The van der Waals surface area contributed by atoms with Gasteiger partial charge >= 0.3 is 0 Å². The van der Waals surface area contributed by atoms with Gasteiger partial charge in [-0.3, -0.25) is 14.9 Å². The summed E-state index contributed by atoms with van der Waals surface area (Å²) in [7, 11) is 1.73. The number of fused-ring (bicyclic) bond motifs is 1. The van der Waals surface area contributed by atoms with Gasteiger partial charge in [-0.2, -0.15) is 4.39 Å². The Morgan fingerprint density at radius 3 is 2.62 bits per heavy atom. The minimum atomic E-state index is -0.569. The molecule has 0 aliphatic carbocycles. The van der Waals surface area contributed by atoms with Gasteiger partial charge < -0.3 is 9.47 Å². The number of thiophene rings is 1. The molecule has 0 atom stereocenters. The Hall–Kier alpha value is -4.37. The molecule has 5 rings (SSSR count). The lowest BCUT2D eigenvalue weighted by atomic mass is 10.2. The highest BCUT2D eigenvalue weighted by molar-refractivity contribution is 7.17. The predicted molar refractivity (Wildman–Crippen MR) is 145 cm³/mol. The molecule has 0 aliphatic heterocycles. The van der Waals surface area contributed by atoms with Crippen LogP contribution in [0.25, 0.3) is 21.5 Å². The third-order valence-electron chi connectivity index (χ3n) is 5.96. The van der Waals surface area contributed by atoms with Crippen molar-refractivity contribution >= 4 is 45.8 Å². The molecule has 0 fully saturated rings. The summed E-state index contributed by atoms with van der Waals surface area (Å²) in [6.07, 6.45) is 2.25. The Labute approximate surface area is 217 Å². The molecule has 9 heteroatoms. The van der Waals surface area contributed by atoms with Gasteiger partial charge in [-0.1, -0.05) is 25.1 Å². The SMILES string of the molecule is CCCn1c(NC(=O)c2ccc(-c3ccnc(F)c3)s2)nc2cc(N(C)C(=O)c3ccccc3)ccc21. The minimum absolute atomic E-state index is 0.121. The average Bonchev–Trinajstić information content (AvgIpc) is 3.54. The number of hydrogen-bond acceptors (Lipinski definition) is 5. The maximum Gasteiger partial charge on any atom is 0.268 e. The molecule has 0 unspecified atom stereocenters. The first-order valence-electron chi connectivity index (χ1n) is 11.8. The van der Waals surface area contributed by atoms with E-state index in [1.165, 1.54) is 23.6 Å². The maximum absolute atomic E-state index is 13.5. The van der Waals surface area contributed by atoms with Gasteiger partial charge in [-0.25, -0.2) is 9.97 Å². The number of carbonyl (C=O) groups excluding carboxylic acids is 2. The van der Waals surface area contributed by atoms with E-state index in [1.54, 1.807) is 42.3 Å². The smallest absolute Gasteiger partial charge is 0.268 e. The Bertz CT molecular complexity index is 1590. The monoisotopic (exact) mass is 513 g/mol. The van der Waals surface area contributed by atoms with Crippen LogP contribution >= 0.6 is 11.3 Å². The summed E-state index contributed by atoms with van der Waals surface area (Å²) in [4.78, 5) is 37.1. The molecule has 5 aromatic rings. The molecule has 0 spiro atoms. The Morgan fingerprint density at radius 1 is 1.05 bits per heavy atom. The number of halogens is 1. The number of nitrogens with one attached hydrogen (secondary N) is 1. The first kappa shape index (κ1) is 24.3. The van der Waals surface area contributed by atoms with Crippen molar-refractivity contribution in [3.05, 3.63) is 95.4 Å². The average molecular weight is 514 g/mol. The Kier molecular flexibility index (Phi) is 6.78. The number of hydrogen-bond donors (Lipinski definition) is 1. The van der Waals surface area contributed by atoms with E-state index in [2.05, 4.69) is 22.2 Å². The van der Waals surface area contributed by atoms with Gasteiger partial charge in [0.2, 0.25) is 11.9 Å². The van der Waals surface area contributed by atoms with Crippen molar-refractivity contribution in [2.75, 3.05) is 17.3 Å². The summed E-state index contributed by atoms with van der Waals surface area (Å²) in [5, 5.41) is 2.93. The van der Waals surface area contributed by atoms with E-state index in [0.29, 0.717) is 39.7 Å². The van der Waals surface area contributed by atoms with Gasteiger partial charge in [0.15, 0.2) is 0 Å². The first-order chi connectivity index (χ1) is 17.9. The zero-order valence-electron chi connectivity index (χ0n) is 20.3. The molecule has 3 heterocycles. The highest BCUT2D eigenvalue weighted by Crippen LogP contribution is 2.30. The fraction of sp³-hybridized carbons (Fsp3) is 0.143. The summed E-state index contributed by atoms with van der Waals surface area (Å²) < 4.78 is 15.5. The molecule has 7 nitrogen and oxygen atoms in total. The van der Waals surface area contributed by atoms with Crippen LogP contribution in [-0.2, 0) is 6.54 Å². The van der Waals surface area contributed by atoms with Crippen LogP contribution in [0.3, 0.4) is 0 Å². The molecule has 3 aromatic heterocycles. The molecule has 1 N–H and O–H groups in total. The third-order valence-corrected chi connectivity index (χ3v) is 7.09. The lowest BCUT2D eigenvalue weighted by Gasteiger charge is -2.17. The summed E-state index contributed by atoms with van der Waals surface area (Å²) in [5.41, 5.74) is 3.50. The molecular formula is C28H24FN5O2S. The topological polar surface area (TPSA) is 80.1 Å². The van der Waals surface area contributed by atoms with E-state index in [4.69, 9.17) is 0 Å². The molecule has 2 amide bonds. The van der Waals surface area contributed by atoms with Crippen molar-refractivity contribution in [3.63, 3.8) is 0 Å². The molecule has 0 saturated carbocycles. The van der Waals surface area contributed by atoms with Crippen LogP contribution in [-0.4, -0.2) is 33.4 Å². The summed E-state index contributed by atoms with van der Waals surface area (Å²) in [6, 6.07) is 21.3. The minimum Gasteiger partial charge on any atom is -0.311 e. The van der Waals surface area contributed by atoms with Crippen molar-refractivity contribution in [3.8, 4) is 10.4 Å². The van der Waals surface area contributed by atoms with Gasteiger partial charge in [0.1, 0.15) is 0 Å². The fourth-order valence-corrected chi connectivity index (χ4v) is 5.00. The molecule has 0 saturated heterocycles. The largest absolute Gasteiger partial charge is 0.311 e. The van der Waals surface area contributed by atoms with Crippen LogP contribution in [0.1, 0.15) is 33.4 Å². The van der Waals surface area contributed by atoms with Gasteiger partial charge in [-0.15, -0.1) is 11.3 Å². The zero-order chi connectivity index (χ0) is 25.9. The second kappa shape index (κ2) is 10.3. The van der Waals surface area contributed by atoms with E-state index in [9.17, 15) is 14.0 Å². The highest BCUT2D eigenvalue weighted by atomic mass is 32.1. The maximum atomic E-state index is 13.5. The molecular weight excluding hydrogens is 489 g/mol. The van der Waals surface area contributed by atoms with Crippen molar-refractivity contribution < 1.29 is 14.0 Å². The van der Waals surface area contributed by atoms with E-state index >= 15 is 0 Å². The summed E-state index contributed by atoms with van der Waals surface area (Å²) in [5.74, 6) is -0.555. The molecule has 37 heavy (non-hydrogen) atoms. The van der Waals surface area contributed by atoms with Crippen molar-refractivity contribution in [1.29, 1.82) is 0 Å². The Morgan fingerprint density at radius 2 is 1.86 bits per heavy atom. The molecule has 186 valence electrons. The number of imidazole rings is 1. The quantitative estimate of drug-likeness (QED) is 0.261. The van der Waals surface area contributed by atoms with Crippen molar-refractivity contribution in [1.82, 2.24) is 14.5 Å². The number of aromatic nitrogens is 3. The summed E-state index contributed by atoms with van der Waals surface area (Å²) >= 11 is 1.27. The van der Waals surface area contributed by atoms with Gasteiger partial charge in [0.05, 0.1) is 15.9 Å². The Balaban J connectivity index is 1.42. The number of benzene rings is 2. The second-order valence-corrected chi connectivity index (χ2v) is 9.56. The number of anilines is 2. The first-order valence-corrected chi connectivity index (χ1v) is 12.6. The fourth-order valence-electron chi connectivity index (χ4n) is 4.10. The molecule has 2 aromatic carbocycles. The van der Waals surface area contributed by atoms with Crippen LogP contribution in [0.5, 0.6) is 0 Å². The molecule has 0 bridgehead atoms. The van der Waals surface area contributed by atoms with Crippen LogP contribution in [0.2, 0.25) is 0 Å². The molecule has 0 radical (unpaired) electrons. The lowest BCUT2D eigenvalue weighted by molar-refractivity contribution is 0.0991. The number of nitrogens with zero attached hydrogens (tertiary/aromatic N) is 4. The number of carbonyl (C=O) groups is 2. The number of rotatable bonds is 7. The highest BCUT2D eigenvalue weighted by Gasteiger charge is 2.19. The van der Waals surface area contributed by atoms with Crippen LogP contribution in [0.4, 0.5) is 16.0 Å². The van der Waals surface area contributed by atoms with E-state index < -0.39 is 5.95 Å².